The normalized spacial score (nSPS) is 26.4. The van der Waals surface area contributed by atoms with Crippen molar-refractivity contribution in [1.29, 1.82) is 0 Å². The zero-order valence-corrected chi connectivity index (χ0v) is 12.2. The maximum absolute atomic E-state index is 11.9. The van der Waals surface area contributed by atoms with Crippen LogP contribution in [0.2, 0.25) is 0 Å². The highest BCUT2D eigenvalue weighted by Crippen LogP contribution is 2.37. The molecule has 2 unspecified atom stereocenters. The van der Waals surface area contributed by atoms with Crippen molar-refractivity contribution < 1.29 is 9.90 Å². The third-order valence-electron chi connectivity index (χ3n) is 3.84. The van der Waals surface area contributed by atoms with Gasteiger partial charge in [0.15, 0.2) is 0 Å². The van der Waals surface area contributed by atoms with Crippen LogP contribution in [0.4, 0.5) is 4.79 Å². The van der Waals surface area contributed by atoms with E-state index in [9.17, 15) is 9.90 Å². The summed E-state index contributed by atoms with van der Waals surface area (Å²) in [5, 5.41) is 16.3. The number of aliphatic hydroxyl groups is 1. The van der Waals surface area contributed by atoms with E-state index in [2.05, 4.69) is 15.6 Å². The number of urea groups is 1. The van der Waals surface area contributed by atoms with Crippen LogP contribution in [0.25, 0.3) is 0 Å². The van der Waals surface area contributed by atoms with Crippen molar-refractivity contribution in [1.82, 2.24) is 15.6 Å². The second-order valence-corrected chi connectivity index (χ2v) is 6.75. The number of aromatic nitrogens is 1. The lowest BCUT2D eigenvalue weighted by Crippen LogP contribution is -2.48. The van der Waals surface area contributed by atoms with Crippen LogP contribution < -0.4 is 10.6 Å². The molecular formula is C13H21N3O2S. The predicted molar refractivity (Wildman–Crippen MR) is 75.1 cm³/mol. The van der Waals surface area contributed by atoms with Crippen LogP contribution in [0.15, 0.2) is 6.20 Å². The van der Waals surface area contributed by atoms with Gasteiger partial charge in [0, 0.05) is 22.5 Å². The molecule has 106 valence electrons. The Morgan fingerprint density at radius 2 is 2.47 bits per heavy atom. The summed E-state index contributed by atoms with van der Waals surface area (Å²) in [6.07, 6.45) is 4.73. The number of carbonyl (C=O) groups is 1. The zero-order valence-electron chi connectivity index (χ0n) is 11.4. The molecule has 1 aromatic heterocycles. The molecular weight excluding hydrogens is 262 g/mol. The number of carbonyl (C=O) groups excluding carboxylic acids is 1. The van der Waals surface area contributed by atoms with Gasteiger partial charge in [0.05, 0.1) is 18.2 Å². The molecule has 3 N–H and O–H groups in total. The highest BCUT2D eigenvalue weighted by molar-refractivity contribution is 7.11. The topological polar surface area (TPSA) is 74.2 Å². The largest absolute Gasteiger partial charge is 0.396 e. The quantitative estimate of drug-likeness (QED) is 0.789. The third-order valence-corrected chi connectivity index (χ3v) is 4.75. The third kappa shape index (κ3) is 3.45. The maximum atomic E-state index is 11.9. The molecule has 0 spiro atoms. The number of thiazole rings is 1. The first kappa shape index (κ1) is 14.3. The summed E-state index contributed by atoms with van der Waals surface area (Å²) in [4.78, 5) is 17.1. The van der Waals surface area contributed by atoms with Gasteiger partial charge in [-0.3, -0.25) is 0 Å². The maximum Gasteiger partial charge on any atom is 0.315 e. The van der Waals surface area contributed by atoms with E-state index in [1.165, 1.54) is 0 Å². The average molecular weight is 283 g/mol. The van der Waals surface area contributed by atoms with Gasteiger partial charge in [0.1, 0.15) is 0 Å². The van der Waals surface area contributed by atoms with Gasteiger partial charge in [-0.2, -0.15) is 0 Å². The van der Waals surface area contributed by atoms with E-state index in [0.29, 0.717) is 6.54 Å². The Labute approximate surface area is 117 Å². The standard InChI is InChI=1S/C13H21N3O2S/c1-9-14-6-10(19-9)7-15-12(18)16-11-4-3-5-13(11,2)8-17/h6,11,17H,3-5,7-8H2,1-2H3,(H2,15,16,18). The number of hydrogen-bond acceptors (Lipinski definition) is 4. The number of rotatable bonds is 4. The molecule has 1 aliphatic carbocycles. The molecule has 0 aliphatic heterocycles. The van der Waals surface area contributed by atoms with Crippen LogP contribution in [-0.2, 0) is 6.54 Å². The Morgan fingerprint density at radius 1 is 1.68 bits per heavy atom. The molecule has 19 heavy (non-hydrogen) atoms. The monoisotopic (exact) mass is 283 g/mol. The van der Waals surface area contributed by atoms with Gasteiger partial charge in [-0.25, -0.2) is 9.78 Å². The summed E-state index contributed by atoms with van der Waals surface area (Å²) in [5.74, 6) is 0. The molecule has 0 radical (unpaired) electrons. The van der Waals surface area contributed by atoms with Crippen molar-refractivity contribution in [3.8, 4) is 0 Å². The minimum absolute atomic E-state index is 0.0562. The van der Waals surface area contributed by atoms with Gasteiger partial charge in [0.2, 0.25) is 0 Å². The summed E-state index contributed by atoms with van der Waals surface area (Å²) in [7, 11) is 0. The molecule has 2 rings (SSSR count). The fourth-order valence-electron chi connectivity index (χ4n) is 2.53. The fourth-order valence-corrected chi connectivity index (χ4v) is 3.27. The smallest absolute Gasteiger partial charge is 0.315 e. The van der Waals surface area contributed by atoms with Gasteiger partial charge >= 0.3 is 6.03 Å². The van der Waals surface area contributed by atoms with E-state index in [-0.39, 0.29) is 24.1 Å². The SMILES string of the molecule is Cc1ncc(CNC(=O)NC2CCCC2(C)CO)s1. The summed E-state index contributed by atoms with van der Waals surface area (Å²) in [6.45, 7) is 4.59. The number of aryl methyl sites for hydroxylation is 1. The lowest BCUT2D eigenvalue weighted by atomic mass is 9.86. The number of nitrogens with zero attached hydrogens (tertiary/aromatic N) is 1. The Bertz CT molecular complexity index is 449. The molecule has 0 bridgehead atoms. The Kier molecular flexibility index (Phi) is 4.42. The van der Waals surface area contributed by atoms with E-state index in [1.807, 2.05) is 13.8 Å². The Balaban J connectivity index is 1.81. The van der Waals surface area contributed by atoms with Crippen molar-refractivity contribution >= 4 is 17.4 Å². The minimum atomic E-state index is -0.182. The van der Waals surface area contributed by atoms with Crippen LogP contribution >= 0.6 is 11.3 Å². The van der Waals surface area contributed by atoms with E-state index >= 15 is 0 Å². The summed E-state index contributed by atoms with van der Waals surface area (Å²) in [6, 6.07) is -0.113. The van der Waals surface area contributed by atoms with Crippen molar-refractivity contribution in [3.63, 3.8) is 0 Å². The van der Waals surface area contributed by atoms with Crippen molar-refractivity contribution in [2.75, 3.05) is 6.61 Å². The minimum Gasteiger partial charge on any atom is -0.396 e. The first-order chi connectivity index (χ1) is 9.03. The van der Waals surface area contributed by atoms with Gasteiger partial charge in [-0.05, 0) is 19.8 Å². The van der Waals surface area contributed by atoms with Crippen LogP contribution in [0.1, 0.15) is 36.1 Å². The molecule has 1 heterocycles. The Morgan fingerprint density at radius 3 is 3.11 bits per heavy atom. The molecule has 6 heteroatoms. The predicted octanol–water partition coefficient (Wildman–Crippen LogP) is 1.80. The molecule has 0 saturated heterocycles. The number of aliphatic hydroxyl groups excluding tert-OH is 1. The van der Waals surface area contributed by atoms with E-state index in [1.54, 1.807) is 17.5 Å². The van der Waals surface area contributed by atoms with Crippen LogP contribution in [0, 0.1) is 12.3 Å². The summed E-state index contributed by atoms with van der Waals surface area (Å²) < 4.78 is 0. The van der Waals surface area contributed by atoms with Crippen molar-refractivity contribution in [2.24, 2.45) is 5.41 Å². The van der Waals surface area contributed by atoms with Crippen LogP contribution in [0.5, 0.6) is 0 Å². The molecule has 5 nitrogen and oxygen atoms in total. The first-order valence-electron chi connectivity index (χ1n) is 6.60. The zero-order chi connectivity index (χ0) is 13.9. The van der Waals surface area contributed by atoms with Crippen LogP contribution in [-0.4, -0.2) is 28.8 Å². The van der Waals surface area contributed by atoms with E-state index < -0.39 is 0 Å². The number of nitrogens with one attached hydrogen (secondary N) is 2. The number of amides is 2. The van der Waals surface area contributed by atoms with Crippen molar-refractivity contribution in [3.05, 3.63) is 16.1 Å². The van der Waals surface area contributed by atoms with Crippen molar-refractivity contribution in [2.45, 2.75) is 45.7 Å². The molecule has 1 aromatic rings. The van der Waals surface area contributed by atoms with Gasteiger partial charge in [0.25, 0.3) is 0 Å². The van der Waals surface area contributed by atoms with Gasteiger partial charge in [-0.15, -0.1) is 11.3 Å². The van der Waals surface area contributed by atoms with Crippen LogP contribution in [0.3, 0.4) is 0 Å². The van der Waals surface area contributed by atoms with E-state index in [0.717, 1.165) is 29.1 Å². The molecule has 1 fully saturated rings. The second-order valence-electron chi connectivity index (χ2n) is 5.43. The Hall–Kier alpha value is -1.14. The second kappa shape index (κ2) is 5.88. The van der Waals surface area contributed by atoms with Gasteiger partial charge < -0.3 is 15.7 Å². The van der Waals surface area contributed by atoms with E-state index in [4.69, 9.17) is 0 Å². The highest BCUT2D eigenvalue weighted by atomic mass is 32.1. The average Bonchev–Trinajstić information content (AvgIpc) is 2.95. The highest BCUT2D eigenvalue weighted by Gasteiger charge is 2.39. The molecule has 1 saturated carbocycles. The molecule has 2 atom stereocenters. The summed E-state index contributed by atoms with van der Waals surface area (Å²) >= 11 is 1.58. The van der Waals surface area contributed by atoms with Gasteiger partial charge in [-0.1, -0.05) is 13.3 Å². The fraction of sp³-hybridized carbons (Fsp3) is 0.692. The molecule has 0 aromatic carbocycles. The summed E-state index contributed by atoms with van der Waals surface area (Å²) in [5.41, 5.74) is -0.182. The molecule has 1 aliphatic rings. The lowest BCUT2D eigenvalue weighted by Gasteiger charge is -2.30. The number of hydrogen-bond donors (Lipinski definition) is 3. The molecule has 2 amide bonds. The first-order valence-corrected chi connectivity index (χ1v) is 7.42. The lowest BCUT2D eigenvalue weighted by molar-refractivity contribution is 0.121.